The van der Waals surface area contributed by atoms with E-state index < -0.39 is 0 Å². The van der Waals surface area contributed by atoms with E-state index in [1.807, 2.05) is 25.1 Å². The van der Waals surface area contributed by atoms with Gasteiger partial charge in [0.15, 0.2) is 11.5 Å². The lowest BCUT2D eigenvalue weighted by Crippen LogP contribution is -2.25. The Morgan fingerprint density at radius 3 is 2.79 bits per heavy atom. The molecule has 1 heterocycles. The van der Waals surface area contributed by atoms with Crippen molar-refractivity contribution >= 4 is 28.7 Å². The predicted octanol–water partition coefficient (Wildman–Crippen LogP) is 5.39. The summed E-state index contributed by atoms with van der Waals surface area (Å²) in [7, 11) is 0. The number of aromatic nitrogens is 2. The van der Waals surface area contributed by atoms with Crippen molar-refractivity contribution in [3.63, 3.8) is 0 Å². The number of para-hydroxylation sites is 1. The molecule has 1 aliphatic rings. The number of halogens is 1. The van der Waals surface area contributed by atoms with Crippen LogP contribution in [-0.4, -0.2) is 29.1 Å². The fourth-order valence-electron chi connectivity index (χ4n) is 4.18. The van der Waals surface area contributed by atoms with Crippen LogP contribution in [0.2, 0.25) is 5.02 Å². The number of ether oxygens (including phenoxy) is 2. The third kappa shape index (κ3) is 5.04. The molecule has 1 aromatic heterocycles. The average molecular weight is 464 g/mol. The first-order valence-electron chi connectivity index (χ1n) is 11.2. The number of terminal acetylenes is 1. The Morgan fingerprint density at radius 1 is 1.24 bits per heavy atom. The SMILES string of the molecule is C#CCOc1c(Cl)cc(C=Nn2c(C3CCCCC3)nc3ccccc3c2=O)cc1OCC. The molecule has 1 fully saturated rings. The van der Waals surface area contributed by atoms with Crippen molar-refractivity contribution in [2.24, 2.45) is 5.10 Å². The van der Waals surface area contributed by atoms with Crippen LogP contribution < -0.4 is 15.0 Å². The zero-order chi connectivity index (χ0) is 23.2. The van der Waals surface area contributed by atoms with Crippen LogP contribution in [-0.2, 0) is 0 Å². The van der Waals surface area contributed by atoms with Gasteiger partial charge in [0.1, 0.15) is 12.4 Å². The van der Waals surface area contributed by atoms with Crippen molar-refractivity contribution < 1.29 is 9.47 Å². The summed E-state index contributed by atoms with van der Waals surface area (Å²) >= 11 is 6.43. The topological polar surface area (TPSA) is 65.7 Å². The van der Waals surface area contributed by atoms with Gasteiger partial charge in [-0.1, -0.05) is 48.9 Å². The van der Waals surface area contributed by atoms with Crippen LogP contribution >= 0.6 is 11.6 Å². The van der Waals surface area contributed by atoms with Gasteiger partial charge in [-0.3, -0.25) is 4.79 Å². The monoisotopic (exact) mass is 463 g/mol. The second kappa shape index (κ2) is 10.5. The highest BCUT2D eigenvalue weighted by molar-refractivity contribution is 6.32. The summed E-state index contributed by atoms with van der Waals surface area (Å²) < 4.78 is 12.7. The van der Waals surface area contributed by atoms with Gasteiger partial charge in [-0.05, 0) is 49.6 Å². The fraction of sp³-hybridized carbons (Fsp3) is 0.346. The molecule has 0 unspecified atom stereocenters. The molecule has 3 aromatic rings. The Hall–Kier alpha value is -3.30. The number of rotatable bonds is 7. The van der Waals surface area contributed by atoms with E-state index in [-0.39, 0.29) is 18.1 Å². The van der Waals surface area contributed by atoms with Crippen LogP contribution in [0.1, 0.15) is 56.3 Å². The molecule has 33 heavy (non-hydrogen) atoms. The van der Waals surface area contributed by atoms with E-state index in [4.69, 9.17) is 32.5 Å². The number of benzene rings is 2. The molecule has 0 bridgehead atoms. The van der Waals surface area contributed by atoms with Crippen LogP contribution in [0.3, 0.4) is 0 Å². The molecular formula is C26H26ClN3O3. The Labute approximate surface area is 198 Å². The lowest BCUT2D eigenvalue weighted by atomic mass is 9.88. The van der Waals surface area contributed by atoms with Gasteiger partial charge in [-0.2, -0.15) is 9.78 Å². The second-order valence-corrected chi connectivity index (χ2v) is 8.35. The summed E-state index contributed by atoms with van der Waals surface area (Å²) in [5, 5.41) is 5.46. The van der Waals surface area contributed by atoms with Crippen LogP contribution in [0.4, 0.5) is 0 Å². The maximum absolute atomic E-state index is 13.3. The Balaban J connectivity index is 1.78. The molecule has 6 nitrogen and oxygen atoms in total. The zero-order valence-corrected chi connectivity index (χ0v) is 19.3. The molecule has 7 heteroatoms. The van der Waals surface area contributed by atoms with Gasteiger partial charge < -0.3 is 9.47 Å². The van der Waals surface area contributed by atoms with E-state index in [0.717, 1.165) is 25.7 Å². The Bertz CT molecular complexity index is 1270. The summed E-state index contributed by atoms with van der Waals surface area (Å²) in [6.45, 7) is 2.38. The molecule has 0 N–H and O–H groups in total. The molecule has 0 atom stereocenters. The van der Waals surface area contributed by atoms with Gasteiger partial charge in [-0.15, -0.1) is 6.42 Å². The number of hydrogen-bond donors (Lipinski definition) is 0. The molecule has 0 saturated heterocycles. The number of hydrogen-bond acceptors (Lipinski definition) is 5. The number of fused-ring (bicyclic) bond motifs is 1. The highest BCUT2D eigenvalue weighted by atomic mass is 35.5. The van der Waals surface area contributed by atoms with E-state index in [2.05, 4.69) is 11.0 Å². The maximum Gasteiger partial charge on any atom is 0.282 e. The van der Waals surface area contributed by atoms with Crippen molar-refractivity contribution in [1.29, 1.82) is 0 Å². The van der Waals surface area contributed by atoms with Gasteiger partial charge >= 0.3 is 0 Å². The smallest absolute Gasteiger partial charge is 0.282 e. The maximum atomic E-state index is 13.3. The molecule has 4 rings (SSSR count). The van der Waals surface area contributed by atoms with E-state index >= 15 is 0 Å². The zero-order valence-electron chi connectivity index (χ0n) is 18.6. The molecular weight excluding hydrogens is 438 g/mol. The van der Waals surface area contributed by atoms with E-state index in [0.29, 0.717) is 45.4 Å². The van der Waals surface area contributed by atoms with Crippen LogP contribution in [0, 0.1) is 12.3 Å². The Morgan fingerprint density at radius 2 is 2.03 bits per heavy atom. The second-order valence-electron chi connectivity index (χ2n) is 7.94. The highest BCUT2D eigenvalue weighted by Gasteiger charge is 2.22. The number of nitrogens with zero attached hydrogens (tertiary/aromatic N) is 3. The van der Waals surface area contributed by atoms with Gasteiger partial charge in [0.25, 0.3) is 5.56 Å². The molecule has 0 amide bonds. The molecule has 0 radical (unpaired) electrons. The van der Waals surface area contributed by atoms with Gasteiger partial charge in [0, 0.05) is 5.92 Å². The summed E-state index contributed by atoms with van der Waals surface area (Å²) in [6, 6.07) is 10.9. The average Bonchev–Trinajstić information content (AvgIpc) is 2.83. The summed E-state index contributed by atoms with van der Waals surface area (Å²) in [6.07, 6.45) is 12.4. The van der Waals surface area contributed by atoms with Crippen LogP contribution in [0.25, 0.3) is 10.9 Å². The third-order valence-electron chi connectivity index (χ3n) is 5.70. The van der Waals surface area contributed by atoms with Crippen LogP contribution in [0.5, 0.6) is 11.5 Å². The van der Waals surface area contributed by atoms with E-state index in [1.54, 1.807) is 24.4 Å². The minimum atomic E-state index is -0.178. The lowest BCUT2D eigenvalue weighted by molar-refractivity contribution is 0.299. The van der Waals surface area contributed by atoms with Crippen molar-refractivity contribution in [2.75, 3.05) is 13.2 Å². The van der Waals surface area contributed by atoms with Gasteiger partial charge in [-0.25, -0.2) is 4.98 Å². The van der Waals surface area contributed by atoms with Gasteiger partial charge in [0.05, 0.1) is 28.7 Å². The van der Waals surface area contributed by atoms with Crippen molar-refractivity contribution in [3.8, 4) is 23.8 Å². The molecule has 170 valence electrons. The quantitative estimate of drug-likeness (QED) is 0.348. The largest absolute Gasteiger partial charge is 0.490 e. The lowest BCUT2D eigenvalue weighted by Gasteiger charge is -2.22. The summed E-state index contributed by atoms with van der Waals surface area (Å²) in [5.41, 5.74) is 1.19. The first-order valence-corrected chi connectivity index (χ1v) is 11.6. The molecule has 1 aliphatic carbocycles. The third-order valence-corrected chi connectivity index (χ3v) is 5.98. The molecule has 0 spiro atoms. The first kappa shape index (κ1) is 22.9. The van der Waals surface area contributed by atoms with E-state index in [9.17, 15) is 4.79 Å². The fourth-order valence-corrected chi connectivity index (χ4v) is 4.45. The minimum Gasteiger partial charge on any atom is -0.490 e. The normalized spacial score (nSPS) is 14.5. The van der Waals surface area contributed by atoms with E-state index in [1.165, 1.54) is 11.1 Å². The van der Waals surface area contributed by atoms with Crippen molar-refractivity contribution in [3.05, 3.63) is 63.2 Å². The predicted molar refractivity (Wildman–Crippen MR) is 132 cm³/mol. The molecule has 1 saturated carbocycles. The molecule has 2 aromatic carbocycles. The highest BCUT2D eigenvalue weighted by Crippen LogP contribution is 2.36. The summed E-state index contributed by atoms with van der Waals surface area (Å²) in [5.74, 6) is 4.20. The van der Waals surface area contributed by atoms with Crippen LogP contribution in [0.15, 0.2) is 46.3 Å². The Kier molecular flexibility index (Phi) is 7.31. The first-order chi connectivity index (χ1) is 16.1. The van der Waals surface area contributed by atoms with Crippen molar-refractivity contribution in [2.45, 2.75) is 44.9 Å². The molecule has 0 aliphatic heterocycles. The summed E-state index contributed by atoms with van der Waals surface area (Å²) in [4.78, 5) is 18.2. The standard InChI is InChI=1S/C26H26ClN3O3/c1-3-14-33-24-21(27)15-18(16-23(24)32-4-2)17-28-30-25(19-10-6-5-7-11-19)29-22-13-9-8-12-20(22)26(30)31/h1,8-9,12-13,15-17,19H,4-7,10-11,14H2,2H3. The van der Waals surface area contributed by atoms with Gasteiger partial charge in [0.2, 0.25) is 0 Å². The minimum absolute atomic E-state index is 0.0795. The van der Waals surface area contributed by atoms with Crippen molar-refractivity contribution in [1.82, 2.24) is 9.66 Å².